The summed E-state index contributed by atoms with van der Waals surface area (Å²) in [5, 5.41) is 6.26. The van der Waals surface area contributed by atoms with Crippen molar-refractivity contribution >= 4 is 41.1 Å². The number of hydrogen-bond donors (Lipinski definition) is 1. The number of hydrazone groups is 1. The predicted molar refractivity (Wildman–Crippen MR) is 134 cm³/mol. The Balaban J connectivity index is 2.06. The molecular weight excluding hydrogens is 456 g/mol. The highest BCUT2D eigenvalue weighted by Gasteiger charge is 2.19. The van der Waals surface area contributed by atoms with Gasteiger partial charge in [-0.3, -0.25) is 14.8 Å². The molecule has 182 valence electrons. The van der Waals surface area contributed by atoms with Crippen LogP contribution in [-0.4, -0.2) is 51.4 Å². The first kappa shape index (κ1) is 25.3. The fourth-order valence-corrected chi connectivity index (χ4v) is 3.25. The molecule has 0 aromatic heterocycles. The van der Waals surface area contributed by atoms with Crippen molar-refractivity contribution in [3.05, 3.63) is 71.4 Å². The minimum atomic E-state index is -2.95. The fraction of sp³-hybridized carbons (Fsp3) is 0.200. The Morgan fingerprint density at radius 2 is 1.94 bits per heavy atom. The molecule has 0 saturated heterocycles. The van der Waals surface area contributed by atoms with E-state index in [0.717, 1.165) is 11.3 Å². The van der Waals surface area contributed by atoms with E-state index in [0.29, 0.717) is 35.8 Å². The summed E-state index contributed by atoms with van der Waals surface area (Å²) in [4.78, 5) is 20.6. The molecule has 1 aliphatic rings. The third-order valence-electron chi connectivity index (χ3n) is 4.87. The number of nitrogen functional groups attached to an aromatic ring is 1. The Kier molecular flexibility index (Phi) is 8.44. The Labute approximate surface area is 201 Å². The predicted octanol–water partition coefficient (Wildman–Crippen LogP) is 4.33. The number of allylic oxidation sites excluding steroid dienone is 2. The van der Waals surface area contributed by atoms with Crippen LogP contribution in [0.2, 0.25) is 0 Å². The Morgan fingerprint density at radius 3 is 2.57 bits per heavy atom. The number of nitrogens with two attached hydrogens (primary N) is 1. The summed E-state index contributed by atoms with van der Waals surface area (Å²) in [5.74, 6) is 0.291. The van der Waals surface area contributed by atoms with E-state index in [9.17, 15) is 13.6 Å². The molecule has 0 aliphatic carbocycles. The van der Waals surface area contributed by atoms with Gasteiger partial charge in [0.2, 0.25) is 5.90 Å². The van der Waals surface area contributed by atoms with Crippen LogP contribution in [0, 0.1) is 0 Å². The topological polar surface area (TPSA) is 102 Å². The Bertz CT molecular complexity index is 1220. The lowest BCUT2D eigenvalue weighted by atomic mass is 10.0. The molecule has 1 aliphatic heterocycles. The van der Waals surface area contributed by atoms with Gasteiger partial charge in [-0.15, -0.1) is 0 Å². The average molecular weight is 482 g/mol. The molecule has 0 spiro atoms. The number of carbonyl (C=O) groups excluding carboxylic acids is 1. The van der Waals surface area contributed by atoms with Gasteiger partial charge in [-0.05, 0) is 48.9 Å². The second-order valence-electron chi connectivity index (χ2n) is 7.21. The first-order chi connectivity index (χ1) is 16.9. The van der Waals surface area contributed by atoms with Gasteiger partial charge in [-0.25, -0.2) is 4.99 Å². The van der Waals surface area contributed by atoms with Crippen LogP contribution in [-0.2, 0) is 9.53 Å². The maximum atomic E-state index is 12.5. The number of halogens is 2. The Morgan fingerprint density at radius 1 is 1.20 bits per heavy atom. The lowest BCUT2D eigenvalue weighted by molar-refractivity contribution is -0.103. The van der Waals surface area contributed by atoms with E-state index in [4.69, 9.17) is 10.5 Å². The molecule has 3 rings (SSSR count). The molecule has 2 N–H and O–H groups in total. The summed E-state index contributed by atoms with van der Waals surface area (Å²) >= 11 is 0. The largest absolute Gasteiger partial charge is 0.478 e. The van der Waals surface area contributed by atoms with Crippen LogP contribution in [0.3, 0.4) is 0 Å². The van der Waals surface area contributed by atoms with Crippen LogP contribution in [0.4, 0.5) is 20.2 Å². The van der Waals surface area contributed by atoms with E-state index in [2.05, 4.69) is 19.8 Å². The van der Waals surface area contributed by atoms with Crippen molar-refractivity contribution in [1.82, 2.24) is 0 Å². The van der Waals surface area contributed by atoms with E-state index in [1.165, 1.54) is 24.3 Å². The second-order valence-corrected chi connectivity index (χ2v) is 7.21. The molecule has 0 amide bonds. The minimum absolute atomic E-state index is 0.0237. The summed E-state index contributed by atoms with van der Waals surface area (Å²) in [6.07, 6.45) is 5.63. The molecule has 0 unspecified atom stereocenters. The summed E-state index contributed by atoms with van der Waals surface area (Å²) < 4.78 is 34.9. The van der Waals surface area contributed by atoms with Crippen molar-refractivity contribution in [2.75, 3.05) is 31.4 Å². The number of anilines is 2. The first-order valence-corrected chi connectivity index (χ1v) is 10.6. The van der Waals surface area contributed by atoms with Crippen LogP contribution in [0.1, 0.15) is 18.1 Å². The highest BCUT2D eigenvalue weighted by molar-refractivity contribution is 6.25. The van der Waals surface area contributed by atoms with Crippen molar-refractivity contribution in [3.63, 3.8) is 0 Å². The highest BCUT2D eigenvalue weighted by Crippen LogP contribution is 2.26. The molecular formula is C25H25F2N5O3. The van der Waals surface area contributed by atoms with Crippen molar-refractivity contribution < 1.29 is 23.0 Å². The first-order valence-electron chi connectivity index (χ1n) is 10.6. The van der Waals surface area contributed by atoms with Gasteiger partial charge in [0.25, 0.3) is 0 Å². The SMILES string of the molecule is CCOC1=NC(=C(/C=O)c2ccc(OC(F)F)cc2)/C(=N\N(C)c2ccc(N)c(C=NC)c2)C=C1. The number of aldehydes is 1. The second kappa shape index (κ2) is 11.7. The molecule has 0 atom stereocenters. The van der Waals surface area contributed by atoms with E-state index in [-0.39, 0.29) is 17.0 Å². The third-order valence-corrected chi connectivity index (χ3v) is 4.87. The maximum absolute atomic E-state index is 12.5. The van der Waals surface area contributed by atoms with E-state index in [1.54, 1.807) is 49.6 Å². The smallest absolute Gasteiger partial charge is 0.387 e. The standard InChI is InChI=1S/C25H25F2N5O3/c1-4-34-23-12-11-22(31-32(3)18-7-10-21(28)17(13-18)14-29-2)24(30-23)20(15-33)16-5-8-19(9-6-16)35-25(26)27/h5-15,25H,4,28H2,1-3H3/b24-20-,29-14?,31-22-. The van der Waals surface area contributed by atoms with Crippen molar-refractivity contribution in [2.24, 2.45) is 15.1 Å². The molecule has 35 heavy (non-hydrogen) atoms. The van der Waals surface area contributed by atoms with Gasteiger partial charge in [-0.2, -0.15) is 13.9 Å². The molecule has 1 heterocycles. The number of ether oxygens (including phenoxy) is 2. The molecule has 0 bridgehead atoms. The molecule has 10 heteroatoms. The van der Waals surface area contributed by atoms with Crippen molar-refractivity contribution in [3.8, 4) is 5.75 Å². The van der Waals surface area contributed by atoms with Gasteiger partial charge in [0.05, 0.1) is 12.3 Å². The third kappa shape index (κ3) is 6.38. The maximum Gasteiger partial charge on any atom is 0.387 e. The average Bonchev–Trinajstić information content (AvgIpc) is 2.83. The monoisotopic (exact) mass is 481 g/mol. The van der Waals surface area contributed by atoms with E-state index < -0.39 is 6.61 Å². The number of benzene rings is 2. The number of aliphatic imine (C=N–C) groups is 2. The number of hydrogen-bond acceptors (Lipinski definition) is 8. The zero-order valence-corrected chi connectivity index (χ0v) is 19.5. The van der Waals surface area contributed by atoms with E-state index >= 15 is 0 Å². The lowest BCUT2D eigenvalue weighted by Crippen LogP contribution is -2.18. The normalized spacial score (nSPS) is 15.9. The van der Waals surface area contributed by atoms with Crippen LogP contribution in [0.5, 0.6) is 5.75 Å². The molecule has 0 fully saturated rings. The van der Waals surface area contributed by atoms with Gasteiger partial charge in [0.15, 0.2) is 6.29 Å². The summed E-state index contributed by atoms with van der Waals surface area (Å²) in [6.45, 7) is -0.748. The van der Waals surface area contributed by atoms with Gasteiger partial charge >= 0.3 is 6.61 Å². The number of alkyl halides is 2. The van der Waals surface area contributed by atoms with Crippen LogP contribution in [0.15, 0.2) is 75.4 Å². The van der Waals surface area contributed by atoms with Crippen molar-refractivity contribution in [2.45, 2.75) is 13.5 Å². The Hall–Kier alpha value is -4.34. The lowest BCUT2D eigenvalue weighted by Gasteiger charge is -2.19. The number of dihydropyridines is 1. The quantitative estimate of drug-likeness (QED) is 0.199. The van der Waals surface area contributed by atoms with Gasteiger partial charge in [0.1, 0.15) is 17.2 Å². The molecule has 2 aromatic carbocycles. The van der Waals surface area contributed by atoms with Gasteiger partial charge in [0, 0.05) is 43.2 Å². The minimum Gasteiger partial charge on any atom is -0.478 e. The van der Waals surface area contributed by atoms with Crippen molar-refractivity contribution in [1.29, 1.82) is 0 Å². The summed E-state index contributed by atoms with van der Waals surface area (Å²) in [7, 11) is 3.40. The van der Waals surface area contributed by atoms with Crippen LogP contribution < -0.4 is 15.5 Å². The van der Waals surface area contributed by atoms with E-state index in [1.807, 2.05) is 13.0 Å². The van der Waals surface area contributed by atoms with Crippen LogP contribution >= 0.6 is 0 Å². The summed E-state index contributed by atoms with van der Waals surface area (Å²) in [5.41, 5.74) is 9.37. The molecule has 8 nitrogen and oxygen atoms in total. The zero-order chi connectivity index (χ0) is 25.4. The number of carbonyl (C=O) groups is 1. The van der Waals surface area contributed by atoms with Crippen LogP contribution in [0.25, 0.3) is 5.57 Å². The van der Waals surface area contributed by atoms with Gasteiger partial charge in [-0.1, -0.05) is 12.1 Å². The fourth-order valence-electron chi connectivity index (χ4n) is 3.25. The van der Waals surface area contributed by atoms with Gasteiger partial charge < -0.3 is 15.2 Å². The molecule has 0 saturated carbocycles. The molecule has 0 radical (unpaired) electrons. The summed E-state index contributed by atoms with van der Waals surface area (Å²) in [6, 6.07) is 11.1. The highest BCUT2D eigenvalue weighted by atomic mass is 19.3. The number of rotatable bonds is 8. The molecule has 2 aromatic rings. The number of nitrogens with zero attached hydrogens (tertiary/aromatic N) is 4. The zero-order valence-electron chi connectivity index (χ0n) is 19.5.